The van der Waals surface area contributed by atoms with Gasteiger partial charge in [-0.05, 0) is 50.2 Å². The van der Waals surface area contributed by atoms with E-state index < -0.39 is 5.56 Å². The normalized spacial score (nSPS) is 14.8. The average molecular weight is 349 g/mol. The maximum atomic E-state index is 12.8. The minimum absolute atomic E-state index is 0.0169. The maximum Gasteiger partial charge on any atom is 0.266 e. The zero-order valence-corrected chi connectivity index (χ0v) is 15.0. The number of aryl methyl sites for hydroxylation is 2. The van der Waals surface area contributed by atoms with Crippen LogP contribution >= 0.6 is 0 Å². The van der Waals surface area contributed by atoms with E-state index in [1.165, 1.54) is 11.6 Å². The van der Waals surface area contributed by atoms with Crippen LogP contribution in [0.1, 0.15) is 46.4 Å². The summed E-state index contributed by atoms with van der Waals surface area (Å²) in [5.74, 6) is 0.530. The molecule has 1 fully saturated rings. The summed E-state index contributed by atoms with van der Waals surface area (Å²) in [5, 5.41) is 9.02. The van der Waals surface area contributed by atoms with Gasteiger partial charge in [0.15, 0.2) is 0 Å². The van der Waals surface area contributed by atoms with E-state index in [0.29, 0.717) is 17.2 Å². The molecule has 1 aliphatic rings. The predicted molar refractivity (Wildman–Crippen MR) is 99.9 cm³/mol. The lowest BCUT2D eigenvalue weighted by Crippen LogP contribution is -2.39. The second-order valence-corrected chi connectivity index (χ2v) is 6.92. The van der Waals surface area contributed by atoms with Gasteiger partial charge in [0.2, 0.25) is 0 Å². The van der Waals surface area contributed by atoms with E-state index in [-0.39, 0.29) is 11.5 Å². The molecule has 1 aromatic heterocycles. The van der Waals surface area contributed by atoms with Crippen molar-refractivity contribution in [2.75, 3.05) is 13.1 Å². The van der Waals surface area contributed by atoms with E-state index in [4.69, 9.17) is 5.26 Å². The Labute approximate surface area is 153 Å². The van der Waals surface area contributed by atoms with Crippen LogP contribution in [-0.4, -0.2) is 28.9 Å². The van der Waals surface area contributed by atoms with E-state index in [9.17, 15) is 9.59 Å². The van der Waals surface area contributed by atoms with Crippen molar-refractivity contribution in [1.82, 2.24) is 9.88 Å². The minimum Gasteiger partial charge on any atom is -0.339 e. The lowest BCUT2D eigenvalue weighted by Gasteiger charge is -2.32. The molecule has 5 nitrogen and oxygen atoms in total. The predicted octanol–water partition coefficient (Wildman–Crippen LogP) is 3.04. The van der Waals surface area contributed by atoms with Crippen LogP contribution < -0.4 is 5.56 Å². The highest BCUT2D eigenvalue weighted by molar-refractivity contribution is 5.95. The monoisotopic (exact) mass is 349 g/mol. The van der Waals surface area contributed by atoms with Gasteiger partial charge in [-0.25, -0.2) is 0 Å². The molecule has 1 saturated heterocycles. The number of amides is 1. The summed E-state index contributed by atoms with van der Waals surface area (Å²) >= 11 is 0. The van der Waals surface area contributed by atoms with Gasteiger partial charge in [0.1, 0.15) is 11.6 Å². The summed E-state index contributed by atoms with van der Waals surface area (Å²) in [6.07, 6.45) is 4.20. The molecule has 0 atom stereocenters. The van der Waals surface area contributed by atoms with Crippen LogP contribution in [0, 0.1) is 24.2 Å². The summed E-state index contributed by atoms with van der Waals surface area (Å²) in [5.41, 5.74) is 1.84. The van der Waals surface area contributed by atoms with Gasteiger partial charge in [-0.1, -0.05) is 30.3 Å². The largest absolute Gasteiger partial charge is 0.339 e. The van der Waals surface area contributed by atoms with Crippen molar-refractivity contribution in [3.8, 4) is 6.07 Å². The number of aromatic amines is 1. The van der Waals surface area contributed by atoms with Crippen molar-refractivity contribution >= 4 is 5.91 Å². The Bertz CT molecular complexity index is 872. The van der Waals surface area contributed by atoms with Crippen molar-refractivity contribution in [2.45, 2.75) is 32.6 Å². The molecule has 1 amide bonds. The molecule has 1 aromatic carbocycles. The van der Waals surface area contributed by atoms with Gasteiger partial charge in [0.05, 0.1) is 5.56 Å². The van der Waals surface area contributed by atoms with Crippen LogP contribution in [0.25, 0.3) is 0 Å². The van der Waals surface area contributed by atoms with Gasteiger partial charge in [-0.3, -0.25) is 9.59 Å². The Morgan fingerprint density at radius 2 is 1.96 bits per heavy atom. The van der Waals surface area contributed by atoms with Crippen molar-refractivity contribution in [3.63, 3.8) is 0 Å². The fourth-order valence-corrected chi connectivity index (χ4v) is 3.54. The van der Waals surface area contributed by atoms with E-state index in [0.717, 1.165) is 38.8 Å². The quantitative estimate of drug-likeness (QED) is 0.921. The van der Waals surface area contributed by atoms with Crippen LogP contribution in [-0.2, 0) is 6.42 Å². The number of nitrogens with zero attached hydrogens (tertiary/aromatic N) is 2. The van der Waals surface area contributed by atoms with Crippen molar-refractivity contribution < 1.29 is 4.79 Å². The van der Waals surface area contributed by atoms with Gasteiger partial charge < -0.3 is 9.88 Å². The summed E-state index contributed by atoms with van der Waals surface area (Å²) in [4.78, 5) is 28.9. The smallest absolute Gasteiger partial charge is 0.266 e. The second-order valence-electron chi connectivity index (χ2n) is 6.92. The van der Waals surface area contributed by atoms with Gasteiger partial charge in [0.25, 0.3) is 11.5 Å². The molecule has 0 unspecified atom stereocenters. The Morgan fingerprint density at radius 3 is 2.62 bits per heavy atom. The van der Waals surface area contributed by atoms with Crippen LogP contribution in [0.4, 0.5) is 0 Å². The number of H-pyrrole nitrogens is 1. The highest BCUT2D eigenvalue weighted by atomic mass is 16.2. The summed E-state index contributed by atoms with van der Waals surface area (Å²) in [6, 6.07) is 13.7. The Kier molecular flexibility index (Phi) is 5.52. The fourth-order valence-electron chi connectivity index (χ4n) is 3.54. The summed E-state index contributed by atoms with van der Waals surface area (Å²) in [7, 11) is 0. The SMILES string of the molecule is Cc1[nH]c(=O)c(C#N)cc1C(=O)N1CCC(CCc2ccccc2)CC1. The second kappa shape index (κ2) is 8.01. The summed E-state index contributed by atoms with van der Waals surface area (Å²) < 4.78 is 0. The molecular formula is C21H23N3O2. The van der Waals surface area contributed by atoms with Crippen LogP contribution in [0.2, 0.25) is 0 Å². The number of nitriles is 1. The fraction of sp³-hybridized carbons (Fsp3) is 0.381. The number of aromatic nitrogens is 1. The molecule has 2 aromatic rings. The van der Waals surface area contributed by atoms with Crippen molar-refractivity contribution in [1.29, 1.82) is 5.26 Å². The van der Waals surface area contributed by atoms with Gasteiger partial charge >= 0.3 is 0 Å². The first kappa shape index (κ1) is 17.9. The lowest BCUT2D eigenvalue weighted by molar-refractivity contribution is 0.0685. The first-order valence-corrected chi connectivity index (χ1v) is 9.05. The number of piperidine rings is 1. The summed E-state index contributed by atoms with van der Waals surface area (Å²) in [6.45, 7) is 3.14. The highest BCUT2D eigenvalue weighted by Gasteiger charge is 2.25. The number of rotatable bonds is 4. The number of benzene rings is 1. The van der Waals surface area contributed by atoms with Crippen LogP contribution in [0.5, 0.6) is 0 Å². The minimum atomic E-state index is -0.443. The number of nitrogens with one attached hydrogen (secondary N) is 1. The third kappa shape index (κ3) is 4.02. The standard InChI is InChI=1S/C21H23N3O2/c1-15-19(13-18(14-22)20(25)23-15)21(26)24-11-9-17(10-12-24)8-7-16-5-3-2-4-6-16/h2-6,13,17H,7-12H2,1H3,(H,23,25). The van der Waals surface area contributed by atoms with Crippen LogP contribution in [0.15, 0.2) is 41.2 Å². The molecule has 26 heavy (non-hydrogen) atoms. The van der Waals surface area contributed by atoms with E-state index >= 15 is 0 Å². The lowest BCUT2D eigenvalue weighted by atomic mass is 9.90. The number of hydrogen-bond acceptors (Lipinski definition) is 3. The number of pyridine rings is 1. The molecule has 0 aliphatic carbocycles. The van der Waals surface area contributed by atoms with Crippen molar-refractivity contribution in [2.24, 2.45) is 5.92 Å². The molecule has 1 aliphatic heterocycles. The molecule has 1 N–H and O–H groups in total. The van der Waals surface area contributed by atoms with Gasteiger partial charge in [-0.15, -0.1) is 0 Å². The van der Waals surface area contributed by atoms with E-state index in [1.807, 2.05) is 17.0 Å². The molecule has 5 heteroatoms. The number of carbonyl (C=O) groups is 1. The first-order chi connectivity index (χ1) is 12.6. The van der Waals surface area contributed by atoms with E-state index in [2.05, 4.69) is 29.2 Å². The molecule has 2 heterocycles. The Hall–Kier alpha value is -2.87. The molecule has 0 bridgehead atoms. The Morgan fingerprint density at radius 1 is 1.27 bits per heavy atom. The number of carbonyl (C=O) groups excluding carboxylic acids is 1. The molecule has 3 rings (SSSR count). The zero-order chi connectivity index (χ0) is 18.5. The molecule has 0 saturated carbocycles. The van der Waals surface area contributed by atoms with Gasteiger partial charge in [0, 0.05) is 18.8 Å². The van der Waals surface area contributed by atoms with E-state index in [1.54, 1.807) is 6.92 Å². The maximum absolute atomic E-state index is 12.8. The van der Waals surface area contributed by atoms with Gasteiger partial charge in [-0.2, -0.15) is 5.26 Å². The van der Waals surface area contributed by atoms with Crippen molar-refractivity contribution in [3.05, 3.63) is 69.1 Å². The molecule has 0 spiro atoms. The zero-order valence-electron chi connectivity index (χ0n) is 15.0. The molecule has 0 radical (unpaired) electrons. The first-order valence-electron chi connectivity index (χ1n) is 9.05. The molecule has 134 valence electrons. The number of likely N-dealkylation sites (tertiary alicyclic amines) is 1. The third-order valence-corrected chi connectivity index (χ3v) is 5.18. The topological polar surface area (TPSA) is 77.0 Å². The third-order valence-electron chi connectivity index (χ3n) is 5.18. The average Bonchev–Trinajstić information content (AvgIpc) is 2.67. The van der Waals surface area contributed by atoms with Crippen LogP contribution in [0.3, 0.4) is 0 Å². The number of hydrogen-bond donors (Lipinski definition) is 1. The Balaban J connectivity index is 1.59. The highest BCUT2D eigenvalue weighted by Crippen LogP contribution is 2.24. The molecular weight excluding hydrogens is 326 g/mol.